The van der Waals surface area contributed by atoms with Crippen LogP contribution in [0, 0.1) is 5.92 Å². The van der Waals surface area contributed by atoms with Crippen LogP contribution < -0.4 is 27.0 Å². The minimum absolute atomic E-state index is 0.0296. The predicted octanol–water partition coefficient (Wildman–Crippen LogP) is 0.231. The molecule has 0 bridgehead atoms. The highest BCUT2D eigenvalue weighted by atomic mass is 33.1. The second kappa shape index (κ2) is 18.8. The number of primary amides is 1. The summed E-state index contributed by atoms with van der Waals surface area (Å²) in [6.07, 6.45) is 3.49. The molecular formula is C22H37N5O7S3. The number of aliphatic carboxylic acids is 1. The van der Waals surface area contributed by atoms with Gasteiger partial charge in [-0.05, 0) is 26.0 Å². The number of hydrogen-bond donors (Lipinski definition) is 6. The number of carboxylic acids is 1. The summed E-state index contributed by atoms with van der Waals surface area (Å²) < 4.78 is 0. The van der Waals surface area contributed by atoms with Crippen LogP contribution in [0.25, 0.3) is 0 Å². The second-order valence-corrected chi connectivity index (χ2v) is 12.0. The van der Waals surface area contributed by atoms with E-state index in [9.17, 15) is 33.9 Å². The Bertz CT molecular complexity index is 855. The van der Waals surface area contributed by atoms with Gasteiger partial charge in [0.05, 0.1) is 12.6 Å². The molecular weight excluding hydrogens is 542 g/mol. The summed E-state index contributed by atoms with van der Waals surface area (Å²) in [5, 5.41) is 18.7. The normalized spacial score (nSPS) is 13.7. The molecule has 37 heavy (non-hydrogen) atoms. The average Bonchev–Trinajstić information content (AvgIpc) is 2.81. The number of carboxylic acid groups (broad SMARTS) is 1. The van der Waals surface area contributed by atoms with Crippen molar-refractivity contribution in [2.45, 2.75) is 57.9 Å². The number of nitrogens with one attached hydrogen (secondary N) is 4. The first kappa shape index (κ1) is 34.6. The molecule has 0 aliphatic heterocycles. The number of allylic oxidation sites excluding steroid dienone is 1. The van der Waals surface area contributed by atoms with Gasteiger partial charge in [-0.2, -0.15) is 0 Å². The van der Waals surface area contributed by atoms with Crippen LogP contribution in [0.4, 0.5) is 0 Å². The topological polar surface area (TPSA) is 197 Å². The maximum Gasteiger partial charge on any atom is 0.318 e. The van der Waals surface area contributed by atoms with Gasteiger partial charge in [-0.25, -0.2) is 0 Å². The molecule has 0 aromatic carbocycles. The summed E-state index contributed by atoms with van der Waals surface area (Å²) in [5.74, 6) is -3.45. The third kappa shape index (κ3) is 14.8. The third-order valence-corrected chi connectivity index (χ3v) is 7.86. The van der Waals surface area contributed by atoms with Crippen molar-refractivity contribution in [3.63, 3.8) is 0 Å². The van der Waals surface area contributed by atoms with Gasteiger partial charge in [-0.15, -0.1) is 11.8 Å². The first-order valence-electron chi connectivity index (χ1n) is 11.5. The van der Waals surface area contributed by atoms with E-state index < -0.39 is 46.9 Å². The minimum Gasteiger partial charge on any atom is -0.480 e. The van der Waals surface area contributed by atoms with Crippen molar-refractivity contribution in [2.75, 3.05) is 24.3 Å². The number of rotatable bonds is 18. The lowest BCUT2D eigenvalue weighted by Gasteiger charge is -2.28. The van der Waals surface area contributed by atoms with Gasteiger partial charge >= 0.3 is 5.97 Å². The Hall–Kier alpha value is -2.39. The molecule has 0 rings (SSSR count). The molecule has 0 saturated heterocycles. The van der Waals surface area contributed by atoms with Crippen LogP contribution in [-0.2, 0) is 28.8 Å². The maximum absolute atomic E-state index is 12.8. The van der Waals surface area contributed by atoms with Gasteiger partial charge in [0, 0.05) is 24.3 Å². The van der Waals surface area contributed by atoms with Crippen molar-refractivity contribution < 1.29 is 33.9 Å². The second-order valence-electron chi connectivity index (χ2n) is 8.09. The largest absolute Gasteiger partial charge is 0.480 e. The fraction of sp³-hybridized carbons (Fsp3) is 0.636. The summed E-state index contributed by atoms with van der Waals surface area (Å²) in [6, 6.07) is -1.71. The molecule has 0 radical (unpaired) electrons. The number of carbonyl (C=O) groups excluding carboxylic acids is 5. The van der Waals surface area contributed by atoms with Crippen molar-refractivity contribution in [1.29, 1.82) is 0 Å². The highest BCUT2D eigenvalue weighted by Crippen LogP contribution is 2.22. The quantitative estimate of drug-likeness (QED) is 0.0743. The standard InChI is InChI=1S/C22H37N5O7S3/c1-6-14(26-17(30)8-10-37-35-5)21(32)27-18(12(2)3)19(22(33)34)36-9-7-16(29)25-13(4)20(31)24-11-15(23)28/h6,12-13,18-19H,7-11H2,1-5H3,(H2,23,28)(H,24,31)(H,25,29)(H,26,30)(H,27,32)(H,33,34)/b14-6-/t13-,18?,19?/m0/s1. The van der Waals surface area contributed by atoms with E-state index in [0.717, 1.165) is 11.8 Å². The molecule has 0 aromatic heterocycles. The minimum atomic E-state index is -1.16. The van der Waals surface area contributed by atoms with E-state index in [4.69, 9.17) is 5.73 Å². The smallest absolute Gasteiger partial charge is 0.318 e. The SMILES string of the molecule is C/C=C(\NC(=O)CCSSC)C(=O)NC(C(C)C)C(SCCC(=O)N[C@@H](C)C(=O)NCC(N)=O)C(=O)O. The lowest BCUT2D eigenvalue weighted by molar-refractivity contribution is -0.137. The van der Waals surface area contributed by atoms with E-state index in [0.29, 0.717) is 5.75 Å². The van der Waals surface area contributed by atoms with Gasteiger partial charge in [-0.1, -0.05) is 41.5 Å². The molecule has 0 aliphatic rings. The Kier molecular flexibility index (Phi) is 17.6. The lowest BCUT2D eigenvalue weighted by atomic mass is 10.00. The Balaban J connectivity index is 5.03. The zero-order chi connectivity index (χ0) is 28.5. The zero-order valence-electron chi connectivity index (χ0n) is 21.6. The van der Waals surface area contributed by atoms with Crippen molar-refractivity contribution in [2.24, 2.45) is 11.7 Å². The molecule has 3 atom stereocenters. The van der Waals surface area contributed by atoms with Crippen LogP contribution in [0.5, 0.6) is 0 Å². The molecule has 2 unspecified atom stereocenters. The lowest BCUT2D eigenvalue weighted by Crippen LogP contribution is -2.50. The first-order valence-corrected chi connectivity index (χ1v) is 15.2. The predicted molar refractivity (Wildman–Crippen MR) is 148 cm³/mol. The van der Waals surface area contributed by atoms with E-state index in [-0.39, 0.29) is 42.7 Å². The number of amides is 5. The van der Waals surface area contributed by atoms with Crippen LogP contribution in [-0.4, -0.2) is 82.3 Å². The van der Waals surface area contributed by atoms with E-state index in [1.54, 1.807) is 20.8 Å². The van der Waals surface area contributed by atoms with Crippen molar-refractivity contribution in [3.05, 3.63) is 11.8 Å². The fourth-order valence-corrected chi connectivity index (χ4v) is 5.30. The summed E-state index contributed by atoms with van der Waals surface area (Å²) in [4.78, 5) is 71.7. The van der Waals surface area contributed by atoms with Crippen LogP contribution in [0.15, 0.2) is 11.8 Å². The molecule has 0 fully saturated rings. The van der Waals surface area contributed by atoms with Crippen molar-refractivity contribution in [3.8, 4) is 0 Å². The molecule has 5 amide bonds. The van der Waals surface area contributed by atoms with Gasteiger partial charge in [0.25, 0.3) is 5.91 Å². The van der Waals surface area contributed by atoms with Gasteiger partial charge in [0.15, 0.2) is 0 Å². The van der Waals surface area contributed by atoms with Crippen LogP contribution >= 0.6 is 33.3 Å². The summed E-state index contributed by atoms with van der Waals surface area (Å²) in [6.45, 7) is 6.19. The fourth-order valence-electron chi connectivity index (χ4n) is 2.83. The Labute approximate surface area is 229 Å². The number of thioether (sulfide) groups is 1. The summed E-state index contributed by atoms with van der Waals surface area (Å²) >= 11 is 0.984. The van der Waals surface area contributed by atoms with Gasteiger partial charge in [0.2, 0.25) is 23.6 Å². The van der Waals surface area contributed by atoms with Crippen LogP contribution in [0.2, 0.25) is 0 Å². The van der Waals surface area contributed by atoms with Crippen molar-refractivity contribution >= 4 is 68.9 Å². The van der Waals surface area contributed by atoms with Gasteiger partial charge in [0.1, 0.15) is 17.0 Å². The number of hydrogen-bond acceptors (Lipinski definition) is 9. The van der Waals surface area contributed by atoms with E-state index >= 15 is 0 Å². The zero-order valence-corrected chi connectivity index (χ0v) is 24.1. The molecule has 0 aliphatic carbocycles. The summed E-state index contributed by atoms with van der Waals surface area (Å²) in [5.41, 5.74) is 4.99. The Morgan fingerprint density at radius 2 is 1.59 bits per heavy atom. The summed E-state index contributed by atoms with van der Waals surface area (Å²) in [7, 11) is 3.05. The molecule has 12 nitrogen and oxygen atoms in total. The Morgan fingerprint density at radius 3 is 2.11 bits per heavy atom. The van der Waals surface area contributed by atoms with Crippen LogP contribution in [0.3, 0.4) is 0 Å². The van der Waals surface area contributed by atoms with E-state index in [1.807, 2.05) is 6.26 Å². The van der Waals surface area contributed by atoms with Crippen LogP contribution in [0.1, 0.15) is 40.5 Å². The monoisotopic (exact) mass is 579 g/mol. The molecule has 0 aromatic rings. The Morgan fingerprint density at radius 1 is 0.973 bits per heavy atom. The molecule has 7 N–H and O–H groups in total. The first-order chi connectivity index (χ1) is 17.3. The van der Waals surface area contributed by atoms with Gasteiger partial charge < -0.3 is 32.1 Å². The van der Waals surface area contributed by atoms with Gasteiger partial charge in [-0.3, -0.25) is 28.8 Å². The highest BCUT2D eigenvalue weighted by Gasteiger charge is 2.33. The maximum atomic E-state index is 12.8. The molecule has 15 heteroatoms. The molecule has 0 heterocycles. The molecule has 0 saturated carbocycles. The highest BCUT2D eigenvalue weighted by molar-refractivity contribution is 8.76. The van der Waals surface area contributed by atoms with Crippen molar-refractivity contribution in [1.82, 2.24) is 21.3 Å². The third-order valence-electron chi connectivity index (χ3n) is 4.76. The van der Waals surface area contributed by atoms with E-state index in [2.05, 4.69) is 21.3 Å². The number of nitrogens with two attached hydrogens (primary N) is 1. The average molecular weight is 580 g/mol. The molecule has 210 valence electrons. The van der Waals surface area contributed by atoms with E-state index in [1.165, 1.54) is 34.6 Å². The number of carbonyl (C=O) groups is 6. The molecule has 0 spiro atoms.